The molecule has 2 saturated heterocycles. The van der Waals surface area contributed by atoms with Gasteiger partial charge in [-0.1, -0.05) is 12.1 Å². The van der Waals surface area contributed by atoms with Crippen LogP contribution < -0.4 is 5.73 Å². The highest BCUT2D eigenvalue weighted by Crippen LogP contribution is 2.34. The normalized spacial score (nSPS) is 22.9. The molecule has 0 radical (unpaired) electrons. The number of hydrogen-bond donors (Lipinski definition) is 1. The molecule has 1 aromatic carbocycles. The molecule has 4 nitrogen and oxygen atoms in total. The lowest BCUT2D eigenvalue weighted by Gasteiger charge is -2.37. The first kappa shape index (κ1) is 19.2. The van der Waals surface area contributed by atoms with Gasteiger partial charge in [-0.2, -0.15) is 0 Å². The van der Waals surface area contributed by atoms with Crippen LogP contribution in [0.4, 0.5) is 4.39 Å². The zero-order valence-electron chi connectivity index (χ0n) is 13.9. The molecule has 3 rings (SSSR count). The summed E-state index contributed by atoms with van der Waals surface area (Å²) in [5.41, 5.74) is 6.64. The molecule has 0 spiro atoms. The molecular formula is C18H26ClFN2O2. The number of nitrogens with two attached hydrogens (primary N) is 1. The maximum Gasteiger partial charge on any atom is 0.230 e. The van der Waals surface area contributed by atoms with Crippen molar-refractivity contribution >= 4 is 18.3 Å². The number of rotatable bonds is 4. The lowest BCUT2D eigenvalue weighted by Crippen LogP contribution is -2.50. The van der Waals surface area contributed by atoms with Crippen molar-refractivity contribution in [3.8, 4) is 0 Å². The Morgan fingerprint density at radius 1 is 1.29 bits per heavy atom. The first-order chi connectivity index (χ1) is 11.1. The molecule has 134 valence electrons. The summed E-state index contributed by atoms with van der Waals surface area (Å²) in [6.45, 7) is 3.21. The van der Waals surface area contributed by atoms with E-state index >= 15 is 0 Å². The van der Waals surface area contributed by atoms with Crippen molar-refractivity contribution < 1.29 is 13.9 Å². The van der Waals surface area contributed by atoms with Crippen LogP contribution in [0, 0.1) is 17.2 Å². The molecular weight excluding hydrogens is 331 g/mol. The number of halogens is 2. The fourth-order valence-electron chi connectivity index (χ4n) is 3.74. The van der Waals surface area contributed by atoms with Gasteiger partial charge in [-0.05, 0) is 49.3 Å². The molecule has 1 aromatic rings. The minimum absolute atomic E-state index is 0. The second-order valence-corrected chi connectivity index (χ2v) is 6.83. The summed E-state index contributed by atoms with van der Waals surface area (Å²) in [4.78, 5) is 14.9. The van der Waals surface area contributed by atoms with Crippen molar-refractivity contribution in [1.29, 1.82) is 0 Å². The smallest absolute Gasteiger partial charge is 0.230 e. The van der Waals surface area contributed by atoms with Crippen molar-refractivity contribution in [3.63, 3.8) is 0 Å². The molecule has 6 heteroatoms. The Morgan fingerprint density at radius 2 is 1.96 bits per heavy atom. The van der Waals surface area contributed by atoms with Crippen LogP contribution in [0.15, 0.2) is 24.3 Å². The fourth-order valence-corrected chi connectivity index (χ4v) is 3.74. The summed E-state index contributed by atoms with van der Waals surface area (Å²) in [5, 5.41) is 0. The highest BCUT2D eigenvalue weighted by molar-refractivity contribution is 5.85. The number of nitrogens with zero attached hydrogens (tertiary/aromatic N) is 1. The molecule has 0 aromatic heterocycles. The van der Waals surface area contributed by atoms with Crippen molar-refractivity contribution in [3.05, 3.63) is 35.6 Å². The lowest BCUT2D eigenvalue weighted by atomic mass is 9.79. The van der Waals surface area contributed by atoms with Crippen molar-refractivity contribution in [2.45, 2.75) is 25.7 Å². The van der Waals surface area contributed by atoms with Gasteiger partial charge in [-0.15, -0.1) is 12.4 Å². The molecule has 2 N–H and O–H groups in total. The number of carbonyl (C=O) groups excluding carboxylic acids is 1. The predicted molar refractivity (Wildman–Crippen MR) is 93.6 cm³/mol. The number of hydrogen-bond acceptors (Lipinski definition) is 3. The highest BCUT2D eigenvalue weighted by Gasteiger charge is 2.43. The van der Waals surface area contributed by atoms with Crippen molar-refractivity contribution in [1.82, 2.24) is 4.90 Å². The molecule has 1 amide bonds. The molecule has 1 unspecified atom stereocenters. The average molecular weight is 357 g/mol. The first-order valence-corrected chi connectivity index (χ1v) is 8.45. The minimum Gasteiger partial charge on any atom is -0.381 e. The summed E-state index contributed by atoms with van der Waals surface area (Å²) in [6, 6.07) is 6.66. The standard InChI is InChI=1S/C18H25FN2O2.ClH/c19-16-3-1-14(2-4-16)11-15-5-8-21(12-15)17(22)18(13-20)6-9-23-10-7-18;/h1-4,15H,5-13,20H2;1H. The third kappa shape index (κ3) is 4.08. The van der Waals surface area contributed by atoms with Crippen LogP contribution in [0.3, 0.4) is 0 Å². The lowest BCUT2D eigenvalue weighted by molar-refractivity contribution is -0.146. The quantitative estimate of drug-likeness (QED) is 0.901. The van der Waals surface area contributed by atoms with Gasteiger partial charge in [0.2, 0.25) is 5.91 Å². The van der Waals surface area contributed by atoms with Crippen LogP contribution in [-0.2, 0) is 16.0 Å². The number of amides is 1. The fraction of sp³-hybridized carbons (Fsp3) is 0.611. The Morgan fingerprint density at radius 3 is 2.58 bits per heavy atom. The van der Waals surface area contributed by atoms with Crippen LogP contribution >= 0.6 is 12.4 Å². The molecule has 2 fully saturated rings. The Balaban J connectivity index is 0.00000208. The maximum absolute atomic E-state index is 13.0. The summed E-state index contributed by atoms with van der Waals surface area (Å²) >= 11 is 0. The van der Waals surface area contributed by atoms with Gasteiger partial charge < -0.3 is 15.4 Å². The maximum atomic E-state index is 13.0. The van der Waals surface area contributed by atoms with Crippen molar-refractivity contribution in [2.75, 3.05) is 32.8 Å². The van der Waals surface area contributed by atoms with E-state index in [9.17, 15) is 9.18 Å². The first-order valence-electron chi connectivity index (χ1n) is 8.45. The average Bonchev–Trinajstić information content (AvgIpc) is 3.05. The van der Waals surface area contributed by atoms with Gasteiger partial charge >= 0.3 is 0 Å². The Hall–Kier alpha value is -1.17. The number of ether oxygens (including phenoxy) is 1. The molecule has 1 atom stereocenters. The van der Waals surface area contributed by atoms with Crippen LogP contribution in [-0.4, -0.2) is 43.7 Å². The zero-order chi connectivity index (χ0) is 16.3. The number of benzene rings is 1. The van der Waals surface area contributed by atoms with Gasteiger partial charge in [-0.25, -0.2) is 4.39 Å². The van der Waals surface area contributed by atoms with Crippen molar-refractivity contribution in [2.24, 2.45) is 17.1 Å². The molecule has 0 saturated carbocycles. The van der Waals surface area contributed by atoms with Crippen LogP contribution in [0.5, 0.6) is 0 Å². The van der Waals surface area contributed by atoms with E-state index in [1.165, 1.54) is 12.1 Å². The zero-order valence-corrected chi connectivity index (χ0v) is 14.7. The van der Waals surface area contributed by atoms with E-state index < -0.39 is 5.41 Å². The second-order valence-electron chi connectivity index (χ2n) is 6.83. The van der Waals surface area contributed by atoms with Gasteiger partial charge in [0.25, 0.3) is 0 Å². The highest BCUT2D eigenvalue weighted by atomic mass is 35.5. The number of carbonyl (C=O) groups is 1. The van der Waals surface area contributed by atoms with Crippen LogP contribution in [0.1, 0.15) is 24.8 Å². The minimum atomic E-state index is -0.428. The summed E-state index contributed by atoms with van der Waals surface area (Å²) in [7, 11) is 0. The molecule has 24 heavy (non-hydrogen) atoms. The van der Waals surface area contributed by atoms with E-state index in [-0.39, 0.29) is 24.1 Å². The Kier molecular flexibility index (Phi) is 6.61. The van der Waals surface area contributed by atoms with E-state index in [1.54, 1.807) is 0 Å². The molecule has 0 bridgehead atoms. The largest absolute Gasteiger partial charge is 0.381 e. The monoisotopic (exact) mass is 356 g/mol. The predicted octanol–water partition coefficient (Wildman–Crippen LogP) is 2.39. The van der Waals surface area contributed by atoms with Gasteiger partial charge in [0.05, 0.1) is 5.41 Å². The van der Waals surface area contributed by atoms with E-state index in [2.05, 4.69) is 0 Å². The third-order valence-electron chi connectivity index (χ3n) is 5.31. The van der Waals surface area contributed by atoms with Gasteiger partial charge in [0.1, 0.15) is 5.82 Å². The third-order valence-corrected chi connectivity index (χ3v) is 5.31. The van der Waals surface area contributed by atoms with E-state index in [0.29, 0.717) is 25.7 Å². The Labute approximate surface area is 148 Å². The van der Waals surface area contributed by atoms with Gasteiger partial charge in [0, 0.05) is 32.8 Å². The van der Waals surface area contributed by atoms with E-state index in [1.807, 2.05) is 17.0 Å². The van der Waals surface area contributed by atoms with Crippen LogP contribution in [0.25, 0.3) is 0 Å². The second kappa shape index (κ2) is 8.28. The van der Waals surface area contributed by atoms with Gasteiger partial charge in [-0.3, -0.25) is 4.79 Å². The number of likely N-dealkylation sites (tertiary alicyclic amines) is 1. The van der Waals surface area contributed by atoms with Gasteiger partial charge in [0.15, 0.2) is 0 Å². The molecule has 0 aliphatic carbocycles. The molecule has 2 heterocycles. The molecule has 2 aliphatic rings. The molecule has 2 aliphatic heterocycles. The summed E-state index contributed by atoms with van der Waals surface area (Å²) < 4.78 is 18.4. The SMILES string of the molecule is Cl.NCC1(C(=O)N2CCC(Cc3ccc(F)cc3)C2)CCOCC1. The summed E-state index contributed by atoms with van der Waals surface area (Å²) in [5.74, 6) is 0.436. The summed E-state index contributed by atoms with van der Waals surface area (Å²) in [6.07, 6.45) is 3.34. The Bertz CT molecular complexity index is 546. The topological polar surface area (TPSA) is 55.6 Å². The van der Waals surface area contributed by atoms with E-state index in [4.69, 9.17) is 10.5 Å². The van der Waals surface area contributed by atoms with E-state index in [0.717, 1.165) is 44.3 Å². The van der Waals surface area contributed by atoms with Crippen LogP contribution in [0.2, 0.25) is 0 Å².